The van der Waals surface area contributed by atoms with Crippen LogP contribution >= 0.6 is 0 Å². The highest BCUT2D eigenvalue weighted by molar-refractivity contribution is 7.89. The topological polar surface area (TPSA) is 63.2 Å². The first kappa shape index (κ1) is 18.8. The molecule has 1 aromatic rings. The van der Waals surface area contributed by atoms with Gasteiger partial charge < -0.3 is 0 Å². The maximum atomic E-state index is 14.1. The summed E-state index contributed by atoms with van der Waals surface area (Å²) in [5, 5.41) is 0. The van der Waals surface area contributed by atoms with Crippen molar-refractivity contribution in [2.24, 2.45) is 5.41 Å². The molecule has 1 rings (SSSR count). The van der Waals surface area contributed by atoms with Crippen molar-refractivity contribution in [3.8, 4) is 0 Å². The van der Waals surface area contributed by atoms with Crippen LogP contribution in [0.25, 0.3) is 0 Å². The predicted octanol–water partition coefficient (Wildman–Crippen LogP) is 3.44. The highest BCUT2D eigenvalue weighted by Crippen LogP contribution is 2.27. The number of Topliss-reactive ketones (excluding diaryl/α,β-unsaturated/α-hetero) is 1. The molecular formula is C16H24FNO3S. The number of aryl methyl sites for hydroxylation is 1. The van der Waals surface area contributed by atoms with Gasteiger partial charge in [0, 0.05) is 16.5 Å². The van der Waals surface area contributed by atoms with Crippen LogP contribution in [0.2, 0.25) is 0 Å². The number of benzene rings is 1. The first-order chi connectivity index (χ1) is 9.65. The molecule has 0 heterocycles. The first-order valence-corrected chi connectivity index (χ1v) is 8.52. The van der Waals surface area contributed by atoms with Crippen molar-refractivity contribution < 1.29 is 17.6 Å². The average molecular weight is 329 g/mol. The van der Waals surface area contributed by atoms with E-state index < -0.39 is 31.7 Å². The van der Waals surface area contributed by atoms with Crippen molar-refractivity contribution in [2.45, 2.75) is 58.9 Å². The van der Waals surface area contributed by atoms with Crippen LogP contribution in [0.15, 0.2) is 17.0 Å². The van der Waals surface area contributed by atoms with E-state index >= 15 is 0 Å². The van der Waals surface area contributed by atoms with Crippen LogP contribution in [0.4, 0.5) is 4.39 Å². The molecular weight excluding hydrogens is 305 g/mol. The highest BCUT2D eigenvalue weighted by Gasteiger charge is 2.30. The van der Waals surface area contributed by atoms with Crippen molar-refractivity contribution in [1.82, 2.24) is 4.72 Å². The van der Waals surface area contributed by atoms with E-state index in [9.17, 15) is 17.6 Å². The molecule has 0 unspecified atom stereocenters. The van der Waals surface area contributed by atoms with Crippen LogP contribution in [-0.4, -0.2) is 19.7 Å². The van der Waals surface area contributed by atoms with Crippen molar-refractivity contribution >= 4 is 15.8 Å². The maximum Gasteiger partial charge on any atom is 0.243 e. The Kier molecular flexibility index (Phi) is 4.90. The molecule has 0 atom stereocenters. The lowest BCUT2D eigenvalue weighted by Gasteiger charge is -2.22. The van der Waals surface area contributed by atoms with Crippen LogP contribution in [0.5, 0.6) is 0 Å². The molecule has 0 aromatic heterocycles. The second-order valence-corrected chi connectivity index (χ2v) is 9.18. The van der Waals surface area contributed by atoms with Gasteiger partial charge in [-0.2, -0.15) is 0 Å². The lowest BCUT2D eigenvalue weighted by molar-refractivity contribution is 0.0857. The monoisotopic (exact) mass is 329 g/mol. The molecule has 0 amide bonds. The third kappa shape index (κ3) is 4.36. The summed E-state index contributed by atoms with van der Waals surface area (Å²) in [5.41, 5.74) is -0.777. The summed E-state index contributed by atoms with van der Waals surface area (Å²) < 4.78 is 41.2. The summed E-state index contributed by atoms with van der Waals surface area (Å²) in [4.78, 5) is 11.9. The fraction of sp³-hybridized carbons (Fsp3) is 0.562. The Labute approximate surface area is 132 Å². The number of ketones is 1. The Morgan fingerprint density at radius 3 is 2.00 bits per heavy atom. The molecule has 0 saturated heterocycles. The summed E-state index contributed by atoms with van der Waals surface area (Å²) in [6.45, 7) is 11.8. The number of carbonyl (C=O) groups is 1. The summed E-state index contributed by atoms with van der Waals surface area (Å²) >= 11 is 0. The number of nitrogens with one attached hydrogen (secondary N) is 1. The molecule has 0 aliphatic carbocycles. The van der Waals surface area contributed by atoms with E-state index in [1.807, 2.05) is 0 Å². The Morgan fingerprint density at radius 1 is 1.09 bits per heavy atom. The number of rotatable bonds is 3. The molecule has 0 fully saturated rings. The molecule has 4 nitrogen and oxygen atoms in total. The van der Waals surface area contributed by atoms with Gasteiger partial charge in [0.15, 0.2) is 5.78 Å². The van der Waals surface area contributed by atoms with Crippen LogP contribution in [0.3, 0.4) is 0 Å². The summed E-state index contributed by atoms with van der Waals surface area (Å²) in [7, 11) is -4.04. The minimum Gasteiger partial charge on any atom is -0.294 e. The lowest BCUT2D eigenvalue weighted by atomic mass is 9.85. The minimum absolute atomic E-state index is 0.225. The van der Waals surface area contributed by atoms with Crippen molar-refractivity contribution in [1.29, 1.82) is 0 Å². The van der Waals surface area contributed by atoms with E-state index in [0.29, 0.717) is 5.56 Å². The van der Waals surface area contributed by atoms with Gasteiger partial charge >= 0.3 is 0 Å². The van der Waals surface area contributed by atoms with E-state index in [2.05, 4.69) is 4.72 Å². The second kappa shape index (κ2) is 5.74. The lowest BCUT2D eigenvalue weighted by Crippen LogP contribution is -2.41. The van der Waals surface area contributed by atoms with Crippen LogP contribution in [-0.2, 0) is 10.0 Å². The van der Waals surface area contributed by atoms with Gasteiger partial charge in [0.2, 0.25) is 10.0 Å². The molecule has 0 bridgehead atoms. The third-order valence-corrected chi connectivity index (χ3v) is 4.71. The largest absolute Gasteiger partial charge is 0.294 e. The number of hydrogen-bond donors (Lipinski definition) is 1. The molecule has 1 N–H and O–H groups in total. The number of hydrogen-bond acceptors (Lipinski definition) is 3. The Balaban J connectivity index is 3.50. The third-order valence-electron chi connectivity index (χ3n) is 2.93. The summed E-state index contributed by atoms with van der Waals surface area (Å²) in [5.74, 6) is -1.09. The van der Waals surface area contributed by atoms with E-state index in [-0.39, 0.29) is 11.3 Å². The van der Waals surface area contributed by atoms with Gasteiger partial charge in [0.25, 0.3) is 0 Å². The highest BCUT2D eigenvalue weighted by atomic mass is 32.2. The second-order valence-electron chi connectivity index (χ2n) is 7.53. The van der Waals surface area contributed by atoms with Gasteiger partial charge in [0.05, 0.1) is 0 Å². The molecule has 0 spiro atoms. The molecule has 0 aliphatic heterocycles. The van der Waals surface area contributed by atoms with Crippen LogP contribution in [0.1, 0.15) is 57.5 Å². The van der Waals surface area contributed by atoms with E-state index in [0.717, 1.165) is 12.1 Å². The molecule has 0 radical (unpaired) electrons. The number of halogens is 1. The Morgan fingerprint density at radius 2 is 1.59 bits per heavy atom. The van der Waals surface area contributed by atoms with Gasteiger partial charge in [-0.25, -0.2) is 17.5 Å². The smallest absolute Gasteiger partial charge is 0.243 e. The van der Waals surface area contributed by atoms with Crippen LogP contribution in [0, 0.1) is 18.2 Å². The van der Waals surface area contributed by atoms with E-state index in [1.165, 1.54) is 0 Å². The van der Waals surface area contributed by atoms with Crippen molar-refractivity contribution in [3.05, 3.63) is 29.1 Å². The van der Waals surface area contributed by atoms with Gasteiger partial charge in [-0.15, -0.1) is 0 Å². The molecule has 6 heteroatoms. The van der Waals surface area contributed by atoms with Gasteiger partial charge in [-0.05, 0) is 45.4 Å². The summed E-state index contributed by atoms with van der Waals surface area (Å²) in [6.07, 6.45) is 0. The SMILES string of the molecule is Cc1cc(F)c(S(=O)(=O)NC(C)(C)C)cc1C(=O)C(C)(C)C. The summed E-state index contributed by atoms with van der Waals surface area (Å²) in [6, 6.07) is 2.22. The van der Waals surface area contributed by atoms with Crippen molar-refractivity contribution in [2.75, 3.05) is 0 Å². The fourth-order valence-corrected chi connectivity index (χ4v) is 3.47. The van der Waals surface area contributed by atoms with Gasteiger partial charge in [-0.1, -0.05) is 20.8 Å². The quantitative estimate of drug-likeness (QED) is 0.864. The van der Waals surface area contributed by atoms with Crippen LogP contribution < -0.4 is 4.72 Å². The average Bonchev–Trinajstić information content (AvgIpc) is 2.22. The molecule has 1 aromatic carbocycles. The normalized spacial score (nSPS) is 13.3. The Hall–Kier alpha value is -1.27. The van der Waals surface area contributed by atoms with E-state index in [1.54, 1.807) is 48.5 Å². The van der Waals surface area contributed by atoms with Gasteiger partial charge in [0.1, 0.15) is 10.7 Å². The Bertz CT molecular complexity index is 695. The maximum absolute atomic E-state index is 14.1. The number of sulfonamides is 1. The molecule has 124 valence electrons. The van der Waals surface area contributed by atoms with Crippen molar-refractivity contribution in [3.63, 3.8) is 0 Å². The first-order valence-electron chi connectivity index (χ1n) is 7.04. The van der Waals surface area contributed by atoms with Gasteiger partial charge in [-0.3, -0.25) is 4.79 Å². The zero-order chi connectivity index (χ0) is 17.5. The standard InChI is InChI=1S/C16H24FNO3S/c1-10-8-12(17)13(22(20,21)18-16(5,6)7)9-11(10)14(19)15(2,3)4/h8-9,18H,1-7H3. The molecule has 0 aliphatic rings. The molecule has 22 heavy (non-hydrogen) atoms. The van der Waals surface area contributed by atoms with E-state index in [4.69, 9.17) is 0 Å². The molecule has 0 saturated carbocycles. The fourth-order valence-electron chi connectivity index (χ4n) is 1.97. The zero-order valence-corrected chi connectivity index (χ0v) is 15.0. The zero-order valence-electron chi connectivity index (χ0n) is 14.2. The minimum atomic E-state index is -4.04. The number of carbonyl (C=O) groups excluding carboxylic acids is 1. The predicted molar refractivity (Wildman–Crippen MR) is 85.0 cm³/mol.